The van der Waals surface area contributed by atoms with Crippen LogP contribution < -0.4 is 10.9 Å². The molecule has 2 N–H and O–H groups in total. The lowest BCUT2D eigenvalue weighted by Gasteiger charge is -2.07. The number of carbonyl (C=O) groups is 2. The van der Waals surface area contributed by atoms with Crippen LogP contribution in [0.2, 0.25) is 5.02 Å². The van der Waals surface area contributed by atoms with E-state index in [0.717, 1.165) is 21.3 Å². The summed E-state index contributed by atoms with van der Waals surface area (Å²) >= 11 is 7.30. The van der Waals surface area contributed by atoms with Gasteiger partial charge in [-0.3, -0.25) is 30.6 Å². The fourth-order valence-electron chi connectivity index (χ4n) is 2.48. The number of rotatable bonds is 6. The maximum absolute atomic E-state index is 12.0. The Balaban J connectivity index is 1.46. The van der Waals surface area contributed by atoms with Gasteiger partial charge in [0.05, 0.1) is 20.1 Å². The summed E-state index contributed by atoms with van der Waals surface area (Å²) in [4.78, 5) is 38.6. The van der Waals surface area contributed by atoms with E-state index in [1.807, 2.05) is 24.3 Å². The Hall–Kier alpha value is -3.04. The van der Waals surface area contributed by atoms with Crippen LogP contribution in [0.4, 0.5) is 5.69 Å². The van der Waals surface area contributed by atoms with Gasteiger partial charge >= 0.3 is 0 Å². The van der Waals surface area contributed by atoms with Crippen molar-refractivity contribution in [3.05, 3.63) is 68.2 Å². The number of fused-ring (bicyclic) bond motifs is 1. The van der Waals surface area contributed by atoms with Crippen molar-refractivity contribution in [2.75, 3.05) is 0 Å². The summed E-state index contributed by atoms with van der Waals surface area (Å²) in [5, 5.41) is 11.8. The average Bonchev–Trinajstić information content (AvgIpc) is 3.09. The second kappa shape index (κ2) is 8.77. The molecule has 2 amide bonds. The number of amides is 2. The van der Waals surface area contributed by atoms with E-state index in [4.69, 9.17) is 11.6 Å². The minimum absolute atomic E-state index is 0.0193. The molecular weight excluding hydrogens is 404 g/mol. The van der Waals surface area contributed by atoms with Gasteiger partial charge in [0.2, 0.25) is 5.91 Å². The van der Waals surface area contributed by atoms with E-state index in [1.54, 1.807) is 11.3 Å². The molecule has 0 aliphatic rings. The quantitative estimate of drug-likeness (QED) is 0.468. The van der Waals surface area contributed by atoms with Crippen LogP contribution in [0, 0.1) is 10.1 Å². The predicted octanol–water partition coefficient (Wildman–Crippen LogP) is 3.64. The number of nitrogens with one attached hydrogen (secondary N) is 2. The molecule has 0 atom stereocenters. The normalized spacial score (nSPS) is 10.6. The molecule has 0 radical (unpaired) electrons. The van der Waals surface area contributed by atoms with E-state index in [2.05, 4.69) is 15.8 Å². The molecule has 0 saturated heterocycles. The Kier molecular flexibility index (Phi) is 6.17. The molecule has 10 heteroatoms. The highest BCUT2D eigenvalue weighted by molar-refractivity contribution is 7.18. The monoisotopic (exact) mass is 418 g/mol. The van der Waals surface area contributed by atoms with Crippen LogP contribution >= 0.6 is 22.9 Å². The fraction of sp³-hybridized carbons (Fsp3) is 0.167. The summed E-state index contributed by atoms with van der Waals surface area (Å²) in [6.07, 6.45) is 1.44. The molecule has 3 aromatic rings. The van der Waals surface area contributed by atoms with Crippen LogP contribution in [0.5, 0.6) is 0 Å². The van der Waals surface area contributed by atoms with Crippen molar-refractivity contribution in [3.8, 4) is 0 Å². The number of halogens is 1. The summed E-state index contributed by atoms with van der Waals surface area (Å²) in [6, 6.07) is 11.5. The largest absolute Gasteiger partial charge is 0.288 e. The number of thiazole rings is 1. The lowest BCUT2D eigenvalue weighted by atomic mass is 10.2. The Morgan fingerprint density at radius 3 is 2.71 bits per heavy atom. The Labute approximate surface area is 168 Å². The minimum Gasteiger partial charge on any atom is -0.273 e. The molecule has 0 unspecified atom stereocenters. The zero-order valence-electron chi connectivity index (χ0n) is 14.5. The van der Waals surface area contributed by atoms with Crippen molar-refractivity contribution in [1.82, 2.24) is 15.8 Å². The van der Waals surface area contributed by atoms with Crippen LogP contribution in [-0.4, -0.2) is 21.7 Å². The Morgan fingerprint density at radius 2 is 1.96 bits per heavy atom. The molecule has 0 aliphatic heterocycles. The second-order valence-electron chi connectivity index (χ2n) is 5.85. The highest BCUT2D eigenvalue weighted by Crippen LogP contribution is 2.25. The third-order valence-electron chi connectivity index (χ3n) is 3.85. The smallest absolute Gasteiger partial charge is 0.273 e. The van der Waals surface area contributed by atoms with Gasteiger partial charge in [-0.1, -0.05) is 23.7 Å². The fourth-order valence-corrected chi connectivity index (χ4v) is 3.68. The van der Waals surface area contributed by atoms with Gasteiger partial charge in [-0.05, 0) is 37.1 Å². The Morgan fingerprint density at radius 1 is 1.18 bits per heavy atom. The summed E-state index contributed by atoms with van der Waals surface area (Å²) in [6.45, 7) is 0. The van der Waals surface area contributed by atoms with Crippen molar-refractivity contribution < 1.29 is 14.5 Å². The highest BCUT2D eigenvalue weighted by Gasteiger charge is 2.16. The number of aryl methyl sites for hydroxylation is 1. The lowest BCUT2D eigenvalue weighted by molar-refractivity contribution is -0.384. The lowest BCUT2D eigenvalue weighted by Crippen LogP contribution is -2.41. The van der Waals surface area contributed by atoms with E-state index in [9.17, 15) is 19.7 Å². The van der Waals surface area contributed by atoms with Gasteiger partial charge < -0.3 is 0 Å². The van der Waals surface area contributed by atoms with Gasteiger partial charge in [0.25, 0.3) is 11.6 Å². The molecule has 8 nitrogen and oxygen atoms in total. The third kappa shape index (κ3) is 4.81. The number of nitrogens with zero attached hydrogens (tertiary/aromatic N) is 2. The standard InChI is InChI=1S/C18H15ClN4O4S/c19-12-9-8-11(10-14(12)23(26)27)18(25)22-21-16(24)6-3-7-17-20-13-4-1-2-5-15(13)28-17/h1-2,4-5,8-10H,3,6-7H2,(H,21,24)(H,22,25). The summed E-state index contributed by atoms with van der Waals surface area (Å²) in [5.74, 6) is -1.03. The van der Waals surface area contributed by atoms with Gasteiger partial charge in [-0.25, -0.2) is 4.98 Å². The number of para-hydroxylation sites is 1. The summed E-state index contributed by atoms with van der Waals surface area (Å²) in [7, 11) is 0. The first-order valence-electron chi connectivity index (χ1n) is 8.31. The van der Waals surface area contributed by atoms with Crippen molar-refractivity contribution in [2.45, 2.75) is 19.3 Å². The van der Waals surface area contributed by atoms with Crippen LogP contribution in [0.25, 0.3) is 10.2 Å². The highest BCUT2D eigenvalue weighted by atomic mass is 35.5. The number of hydrogen-bond donors (Lipinski definition) is 2. The molecule has 0 saturated carbocycles. The molecule has 28 heavy (non-hydrogen) atoms. The van der Waals surface area contributed by atoms with Crippen LogP contribution in [0.15, 0.2) is 42.5 Å². The van der Waals surface area contributed by atoms with E-state index in [-0.39, 0.29) is 28.6 Å². The average molecular weight is 419 g/mol. The first-order valence-corrected chi connectivity index (χ1v) is 9.51. The number of benzene rings is 2. The molecule has 1 aromatic heterocycles. The van der Waals surface area contributed by atoms with Gasteiger partial charge in [0.1, 0.15) is 5.02 Å². The minimum atomic E-state index is -0.681. The first kappa shape index (κ1) is 19.7. The number of nitro groups is 1. The predicted molar refractivity (Wildman–Crippen MR) is 106 cm³/mol. The molecule has 0 fully saturated rings. The van der Waals surface area contributed by atoms with E-state index in [0.29, 0.717) is 12.8 Å². The van der Waals surface area contributed by atoms with Gasteiger partial charge in [-0.15, -0.1) is 11.3 Å². The Bertz CT molecular complexity index is 1020. The maximum Gasteiger partial charge on any atom is 0.288 e. The molecule has 2 aromatic carbocycles. The number of hydrogen-bond acceptors (Lipinski definition) is 6. The summed E-state index contributed by atoms with van der Waals surface area (Å²) in [5.41, 5.74) is 5.12. The molecule has 0 aliphatic carbocycles. The van der Waals surface area contributed by atoms with Crippen LogP contribution in [0.3, 0.4) is 0 Å². The van der Waals surface area contributed by atoms with E-state index < -0.39 is 10.8 Å². The molecule has 0 spiro atoms. The third-order valence-corrected chi connectivity index (χ3v) is 5.27. The van der Waals surface area contributed by atoms with E-state index >= 15 is 0 Å². The number of nitro benzene ring substituents is 1. The molecule has 144 valence electrons. The maximum atomic E-state index is 12.0. The van der Waals surface area contributed by atoms with Crippen molar-refractivity contribution in [1.29, 1.82) is 0 Å². The second-order valence-corrected chi connectivity index (χ2v) is 7.38. The van der Waals surface area contributed by atoms with E-state index in [1.165, 1.54) is 12.1 Å². The number of hydrazine groups is 1. The zero-order valence-corrected chi connectivity index (χ0v) is 16.0. The molecule has 3 rings (SSSR count). The van der Waals surface area contributed by atoms with Gasteiger partial charge in [0, 0.05) is 18.1 Å². The zero-order chi connectivity index (χ0) is 20.1. The number of aromatic nitrogens is 1. The molecule has 1 heterocycles. The summed E-state index contributed by atoms with van der Waals surface area (Å²) < 4.78 is 1.10. The molecule has 0 bridgehead atoms. The first-order chi connectivity index (χ1) is 13.4. The van der Waals surface area contributed by atoms with Gasteiger partial charge in [-0.2, -0.15) is 0 Å². The number of carbonyl (C=O) groups excluding carboxylic acids is 2. The van der Waals surface area contributed by atoms with Crippen LogP contribution in [0.1, 0.15) is 28.2 Å². The van der Waals surface area contributed by atoms with Gasteiger partial charge in [0.15, 0.2) is 0 Å². The van der Waals surface area contributed by atoms with Crippen molar-refractivity contribution in [2.24, 2.45) is 0 Å². The molecular formula is C18H15ClN4O4S. The topological polar surface area (TPSA) is 114 Å². The SMILES string of the molecule is O=C(CCCc1nc2ccccc2s1)NNC(=O)c1ccc(Cl)c([N+](=O)[O-])c1. The van der Waals surface area contributed by atoms with Crippen LogP contribution in [-0.2, 0) is 11.2 Å². The van der Waals surface area contributed by atoms with Crippen molar-refractivity contribution >= 4 is 50.7 Å². The van der Waals surface area contributed by atoms with Crippen molar-refractivity contribution in [3.63, 3.8) is 0 Å².